The number of benzene rings is 1. The van der Waals surface area contributed by atoms with Gasteiger partial charge in [-0.3, -0.25) is 14.8 Å². The first-order valence-electron chi connectivity index (χ1n) is 9.86. The van der Waals surface area contributed by atoms with E-state index >= 15 is 0 Å². The molecule has 1 aromatic carbocycles. The molecule has 0 atom stereocenters. The summed E-state index contributed by atoms with van der Waals surface area (Å²) in [5.41, 5.74) is 0.0386. The molecule has 33 heavy (non-hydrogen) atoms. The topological polar surface area (TPSA) is 70.7 Å². The Labute approximate surface area is 190 Å². The molecule has 2 N–H and O–H groups in total. The molecule has 0 aliphatic carbocycles. The Morgan fingerprint density at radius 2 is 1.79 bits per heavy atom. The molecule has 0 fully saturated rings. The van der Waals surface area contributed by atoms with Gasteiger partial charge < -0.3 is 10.3 Å². The van der Waals surface area contributed by atoms with Crippen molar-refractivity contribution in [2.75, 3.05) is 5.32 Å². The Kier molecular flexibility index (Phi) is 5.84. The van der Waals surface area contributed by atoms with Crippen molar-refractivity contribution in [2.45, 2.75) is 25.9 Å². The first kappa shape index (κ1) is 22.7. The summed E-state index contributed by atoms with van der Waals surface area (Å²) in [6.07, 6.45) is -2.15. The van der Waals surface area contributed by atoms with Gasteiger partial charge in [0.05, 0.1) is 22.5 Å². The van der Waals surface area contributed by atoms with Gasteiger partial charge in [0.1, 0.15) is 11.5 Å². The van der Waals surface area contributed by atoms with Gasteiger partial charge in [0, 0.05) is 34.1 Å². The van der Waals surface area contributed by atoms with Crippen molar-refractivity contribution >= 4 is 33.9 Å². The average Bonchev–Trinajstić information content (AvgIpc) is 2.75. The van der Waals surface area contributed by atoms with Crippen LogP contribution < -0.4 is 10.9 Å². The standard InChI is InChI=1S/C23H17ClF4N4O/c1-11(2)21-19(8-14(22(33)32-21)13-7-12(24)3-4-16(13)25)31-17-5-6-29-18-9-20(23(26,27)28)30-10-15(17)18/h3-11H,1-2H3,(H,29,31)(H,32,33). The summed E-state index contributed by atoms with van der Waals surface area (Å²) in [4.78, 5) is 23.0. The Morgan fingerprint density at radius 1 is 1.03 bits per heavy atom. The van der Waals surface area contributed by atoms with Gasteiger partial charge in [-0.2, -0.15) is 13.2 Å². The van der Waals surface area contributed by atoms with Gasteiger partial charge in [-0.1, -0.05) is 25.4 Å². The van der Waals surface area contributed by atoms with Crippen LogP contribution in [-0.2, 0) is 6.18 Å². The SMILES string of the molecule is CC(C)c1[nH]c(=O)c(-c2cc(Cl)ccc2F)cc1Nc1ccnc2cc(C(F)(F)F)ncc12. The molecule has 170 valence electrons. The summed E-state index contributed by atoms with van der Waals surface area (Å²) in [7, 11) is 0. The van der Waals surface area contributed by atoms with E-state index in [2.05, 4.69) is 20.3 Å². The number of H-pyrrole nitrogens is 1. The quantitative estimate of drug-likeness (QED) is 0.323. The lowest BCUT2D eigenvalue weighted by Crippen LogP contribution is -2.15. The summed E-state index contributed by atoms with van der Waals surface area (Å²) < 4.78 is 53.5. The molecule has 10 heteroatoms. The number of fused-ring (bicyclic) bond motifs is 1. The van der Waals surface area contributed by atoms with Crippen LogP contribution in [0.25, 0.3) is 22.0 Å². The predicted octanol–water partition coefficient (Wildman–Crippen LogP) is 6.66. The lowest BCUT2D eigenvalue weighted by Gasteiger charge is -2.17. The molecule has 4 rings (SSSR count). The Bertz CT molecular complexity index is 1420. The molecular weight excluding hydrogens is 460 g/mol. The van der Waals surface area contributed by atoms with E-state index in [0.717, 1.165) is 12.3 Å². The fourth-order valence-corrected chi connectivity index (χ4v) is 3.63. The summed E-state index contributed by atoms with van der Waals surface area (Å²) in [5.74, 6) is -0.743. The van der Waals surface area contributed by atoms with Gasteiger partial charge in [0.15, 0.2) is 0 Å². The third-order valence-corrected chi connectivity index (χ3v) is 5.29. The van der Waals surface area contributed by atoms with E-state index in [-0.39, 0.29) is 27.6 Å². The van der Waals surface area contributed by atoms with Crippen molar-refractivity contribution in [1.29, 1.82) is 0 Å². The van der Waals surface area contributed by atoms with Crippen LogP contribution in [0, 0.1) is 5.82 Å². The van der Waals surface area contributed by atoms with E-state index in [0.29, 0.717) is 22.5 Å². The number of anilines is 2. The fourth-order valence-electron chi connectivity index (χ4n) is 3.46. The first-order valence-corrected chi connectivity index (χ1v) is 10.2. The lowest BCUT2D eigenvalue weighted by molar-refractivity contribution is -0.141. The molecule has 3 aromatic heterocycles. The molecule has 0 amide bonds. The van der Waals surface area contributed by atoms with E-state index in [1.54, 1.807) is 6.07 Å². The monoisotopic (exact) mass is 476 g/mol. The van der Waals surface area contributed by atoms with Crippen molar-refractivity contribution in [2.24, 2.45) is 0 Å². The maximum atomic E-state index is 14.5. The molecule has 0 saturated carbocycles. The fraction of sp³-hybridized carbons (Fsp3) is 0.174. The van der Waals surface area contributed by atoms with Crippen molar-refractivity contribution < 1.29 is 17.6 Å². The zero-order valence-electron chi connectivity index (χ0n) is 17.4. The zero-order valence-corrected chi connectivity index (χ0v) is 18.1. The molecule has 0 aliphatic rings. The molecule has 0 spiro atoms. The Balaban J connectivity index is 1.86. The average molecular weight is 477 g/mol. The van der Waals surface area contributed by atoms with E-state index in [1.807, 2.05) is 13.8 Å². The van der Waals surface area contributed by atoms with Gasteiger partial charge in [-0.15, -0.1) is 0 Å². The highest BCUT2D eigenvalue weighted by atomic mass is 35.5. The van der Waals surface area contributed by atoms with Gasteiger partial charge in [0.25, 0.3) is 5.56 Å². The third-order valence-electron chi connectivity index (χ3n) is 5.05. The van der Waals surface area contributed by atoms with Crippen molar-refractivity contribution in [3.05, 3.63) is 81.4 Å². The van der Waals surface area contributed by atoms with Gasteiger partial charge in [0.2, 0.25) is 0 Å². The maximum absolute atomic E-state index is 14.5. The van der Waals surface area contributed by atoms with Crippen LogP contribution in [0.15, 0.2) is 53.6 Å². The van der Waals surface area contributed by atoms with Crippen LogP contribution >= 0.6 is 11.6 Å². The molecule has 0 radical (unpaired) electrons. The highest BCUT2D eigenvalue weighted by Gasteiger charge is 2.32. The number of aromatic amines is 1. The number of rotatable bonds is 4. The minimum absolute atomic E-state index is 0.0261. The van der Waals surface area contributed by atoms with E-state index in [9.17, 15) is 22.4 Å². The molecule has 4 aromatic rings. The second kappa shape index (κ2) is 8.47. The van der Waals surface area contributed by atoms with Crippen LogP contribution in [0.2, 0.25) is 5.02 Å². The van der Waals surface area contributed by atoms with Gasteiger partial charge in [-0.25, -0.2) is 4.39 Å². The molecular formula is C23H17ClF4N4O. The summed E-state index contributed by atoms with van der Waals surface area (Å²) >= 11 is 5.99. The number of halogens is 5. The predicted molar refractivity (Wildman–Crippen MR) is 119 cm³/mol. The smallest absolute Gasteiger partial charge is 0.353 e. The van der Waals surface area contributed by atoms with Crippen LogP contribution in [0.5, 0.6) is 0 Å². The second-order valence-corrected chi connectivity index (χ2v) is 8.12. The highest BCUT2D eigenvalue weighted by molar-refractivity contribution is 6.30. The molecule has 0 saturated heterocycles. The number of pyridine rings is 3. The molecule has 0 unspecified atom stereocenters. The summed E-state index contributed by atoms with van der Waals surface area (Å²) in [5, 5.41) is 3.75. The minimum Gasteiger partial charge on any atom is -0.353 e. The number of hydrogen-bond donors (Lipinski definition) is 2. The van der Waals surface area contributed by atoms with E-state index in [4.69, 9.17) is 11.6 Å². The van der Waals surface area contributed by atoms with E-state index in [1.165, 1.54) is 30.5 Å². The van der Waals surface area contributed by atoms with Crippen LogP contribution in [0.1, 0.15) is 31.2 Å². The van der Waals surface area contributed by atoms with Crippen molar-refractivity contribution in [3.63, 3.8) is 0 Å². The maximum Gasteiger partial charge on any atom is 0.433 e. The number of hydrogen-bond acceptors (Lipinski definition) is 4. The number of nitrogens with zero attached hydrogens (tertiary/aromatic N) is 2. The number of aromatic nitrogens is 3. The zero-order chi connectivity index (χ0) is 23.9. The van der Waals surface area contributed by atoms with Crippen molar-refractivity contribution in [3.8, 4) is 11.1 Å². The molecule has 5 nitrogen and oxygen atoms in total. The minimum atomic E-state index is -4.60. The van der Waals surface area contributed by atoms with Crippen LogP contribution in [-0.4, -0.2) is 15.0 Å². The molecule has 3 heterocycles. The summed E-state index contributed by atoms with van der Waals surface area (Å²) in [6, 6.07) is 7.83. The largest absolute Gasteiger partial charge is 0.433 e. The highest BCUT2D eigenvalue weighted by Crippen LogP contribution is 2.34. The van der Waals surface area contributed by atoms with E-state index < -0.39 is 23.2 Å². The molecule has 0 bridgehead atoms. The number of alkyl halides is 3. The van der Waals surface area contributed by atoms with Crippen molar-refractivity contribution in [1.82, 2.24) is 15.0 Å². The Morgan fingerprint density at radius 3 is 2.48 bits per heavy atom. The second-order valence-electron chi connectivity index (χ2n) is 7.69. The lowest BCUT2D eigenvalue weighted by atomic mass is 10.0. The third kappa shape index (κ3) is 4.54. The summed E-state index contributed by atoms with van der Waals surface area (Å²) in [6.45, 7) is 3.72. The first-order chi connectivity index (χ1) is 15.5. The number of nitrogens with one attached hydrogen (secondary N) is 2. The van der Waals surface area contributed by atoms with Crippen LogP contribution in [0.4, 0.5) is 28.9 Å². The normalized spacial score (nSPS) is 11.9. The Hall–Kier alpha value is -3.46. The van der Waals surface area contributed by atoms with Gasteiger partial charge >= 0.3 is 6.18 Å². The molecule has 0 aliphatic heterocycles. The van der Waals surface area contributed by atoms with Gasteiger partial charge in [-0.05, 0) is 42.3 Å². The van der Waals surface area contributed by atoms with Crippen LogP contribution in [0.3, 0.4) is 0 Å².